The van der Waals surface area contributed by atoms with Crippen molar-refractivity contribution in [1.29, 1.82) is 0 Å². The molecule has 25 heavy (non-hydrogen) atoms. The lowest BCUT2D eigenvalue weighted by Gasteiger charge is -2.37. The maximum absolute atomic E-state index is 12.9. The molecule has 1 unspecified atom stereocenters. The summed E-state index contributed by atoms with van der Waals surface area (Å²) in [6.07, 6.45) is 2.27. The highest BCUT2D eigenvalue weighted by Gasteiger charge is 2.33. The minimum Gasteiger partial charge on any atom is -0.294 e. The minimum absolute atomic E-state index is 0.409. The summed E-state index contributed by atoms with van der Waals surface area (Å²) in [7, 11) is -3.39. The lowest BCUT2D eigenvalue weighted by molar-refractivity contribution is 0.137. The van der Waals surface area contributed by atoms with E-state index < -0.39 is 10.0 Å². The summed E-state index contributed by atoms with van der Waals surface area (Å²) < 4.78 is 27.4. The first-order chi connectivity index (χ1) is 12.1. The van der Waals surface area contributed by atoms with Crippen molar-refractivity contribution >= 4 is 10.0 Å². The molecule has 0 amide bonds. The Balaban J connectivity index is 1.47. The van der Waals surface area contributed by atoms with E-state index in [1.54, 1.807) is 16.4 Å². The number of aryl methyl sites for hydroxylation is 2. The third kappa shape index (κ3) is 3.12. The Morgan fingerprint density at radius 1 is 0.960 bits per heavy atom. The van der Waals surface area contributed by atoms with E-state index in [0.29, 0.717) is 24.0 Å². The normalized spacial score (nSPS) is 22.0. The van der Waals surface area contributed by atoms with Crippen molar-refractivity contribution in [2.45, 2.75) is 30.7 Å². The monoisotopic (exact) mass is 356 g/mol. The van der Waals surface area contributed by atoms with E-state index in [1.165, 1.54) is 11.1 Å². The van der Waals surface area contributed by atoms with Gasteiger partial charge in [-0.15, -0.1) is 0 Å². The van der Waals surface area contributed by atoms with E-state index in [4.69, 9.17) is 0 Å². The van der Waals surface area contributed by atoms with Crippen molar-refractivity contribution in [3.8, 4) is 0 Å². The number of hydrogen-bond acceptors (Lipinski definition) is 3. The van der Waals surface area contributed by atoms with E-state index in [-0.39, 0.29) is 0 Å². The molecule has 0 N–H and O–H groups in total. The Morgan fingerprint density at radius 2 is 1.72 bits per heavy atom. The van der Waals surface area contributed by atoms with Crippen LogP contribution in [0.15, 0.2) is 53.4 Å². The number of nitrogens with zero attached hydrogens (tertiary/aromatic N) is 2. The maximum Gasteiger partial charge on any atom is 0.243 e. The molecule has 0 saturated carbocycles. The highest BCUT2D eigenvalue weighted by Crippen LogP contribution is 2.36. The third-order valence-corrected chi connectivity index (χ3v) is 7.34. The number of piperazine rings is 1. The summed E-state index contributed by atoms with van der Waals surface area (Å²) in [6.45, 7) is 4.65. The van der Waals surface area contributed by atoms with Crippen molar-refractivity contribution in [3.05, 3.63) is 65.2 Å². The van der Waals surface area contributed by atoms with E-state index in [9.17, 15) is 8.42 Å². The molecular formula is C20H24N2O2S. The van der Waals surface area contributed by atoms with Crippen molar-refractivity contribution in [2.24, 2.45) is 0 Å². The van der Waals surface area contributed by atoms with Crippen LogP contribution in [0.3, 0.4) is 0 Å². The molecular weight excluding hydrogens is 332 g/mol. The molecule has 1 fully saturated rings. The number of benzene rings is 2. The number of hydrogen-bond donors (Lipinski definition) is 0. The topological polar surface area (TPSA) is 40.6 Å². The SMILES string of the molecule is Cc1cccc(S(=O)(=O)N2CCN(C3CCc4ccccc43)CC2)c1. The molecule has 132 valence electrons. The standard InChI is InChI=1S/C20H24N2O2S/c1-16-5-4-7-18(15-16)25(23,24)22-13-11-21(12-14-22)20-10-9-17-6-2-3-8-19(17)20/h2-8,15,20H,9-14H2,1H3. The van der Waals surface area contributed by atoms with Crippen molar-refractivity contribution < 1.29 is 8.42 Å². The van der Waals surface area contributed by atoms with Gasteiger partial charge in [0.15, 0.2) is 0 Å². The molecule has 1 aliphatic heterocycles. The number of rotatable bonds is 3. The van der Waals surface area contributed by atoms with Gasteiger partial charge in [0, 0.05) is 32.2 Å². The molecule has 5 heteroatoms. The predicted molar refractivity (Wildman–Crippen MR) is 99.0 cm³/mol. The molecule has 0 aromatic heterocycles. The summed E-state index contributed by atoms with van der Waals surface area (Å²) in [5.41, 5.74) is 3.85. The fourth-order valence-corrected chi connectivity index (χ4v) is 5.62. The van der Waals surface area contributed by atoms with E-state index in [2.05, 4.69) is 29.2 Å². The highest BCUT2D eigenvalue weighted by atomic mass is 32.2. The van der Waals surface area contributed by atoms with Crippen LogP contribution in [-0.4, -0.2) is 43.8 Å². The van der Waals surface area contributed by atoms with Gasteiger partial charge in [-0.1, -0.05) is 36.4 Å². The molecule has 2 aromatic carbocycles. The lowest BCUT2D eigenvalue weighted by Crippen LogP contribution is -2.49. The van der Waals surface area contributed by atoms with Crippen LogP contribution < -0.4 is 0 Å². The molecule has 1 atom stereocenters. The predicted octanol–water partition coefficient (Wildman–Crippen LogP) is 2.99. The van der Waals surface area contributed by atoms with Gasteiger partial charge < -0.3 is 0 Å². The van der Waals surface area contributed by atoms with Crippen LogP contribution in [0, 0.1) is 6.92 Å². The molecule has 1 heterocycles. The smallest absolute Gasteiger partial charge is 0.243 e. The molecule has 0 bridgehead atoms. The molecule has 2 aromatic rings. The van der Waals surface area contributed by atoms with Gasteiger partial charge in [0.1, 0.15) is 0 Å². The van der Waals surface area contributed by atoms with Crippen LogP contribution in [-0.2, 0) is 16.4 Å². The van der Waals surface area contributed by atoms with E-state index in [0.717, 1.165) is 31.5 Å². The summed E-state index contributed by atoms with van der Waals surface area (Å²) in [6, 6.07) is 16.3. The van der Waals surface area contributed by atoms with Crippen LogP contribution in [0.2, 0.25) is 0 Å². The second kappa shape index (κ2) is 6.56. The zero-order valence-electron chi connectivity index (χ0n) is 14.6. The molecule has 4 rings (SSSR count). The zero-order valence-corrected chi connectivity index (χ0v) is 15.4. The van der Waals surface area contributed by atoms with Crippen LogP contribution in [0.1, 0.15) is 29.2 Å². The Hall–Kier alpha value is -1.69. The van der Waals surface area contributed by atoms with Gasteiger partial charge in [0.05, 0.1) is 4.90 Å². The van der Waals surface area contributed by atoms with Gasteiger partial charge in [0.25, 0.3) is 0 Å². The fraction of sp³-hybridized carbons (Fsp3) is 0.400. The van der Waals surface area contributed by atoms with Crippen molar-refractivity contribution in [3.63, 3.8) is 0 Å². The second-order valence-corrected chi connectivity index (χ2v) is 8.95. The van der Waals surface area contributed by atoms with Gasteiger partial charge in [-0.3, -0.25) is 4.90 Å². The molecule has 4 nitrogen and oxygen atoms in total. The minimum atomic E-state index is -3.39. The zero-order chi connectivity index (χ0) is 17.4. The van der Waals surface area contributed by atoms with Gasteiger partial charge in [-0.05, 0) is 48.6 Å². The quantitative estimate of drug-likeness (QED) is 0.849. The lowest BCUT2D eigenvalue weighted by atomic mass is 10.1. The Morgan fingerprint density at radius 3 is 2.48 bits per heavy atom. The van der Waals surface area contributed by atoms with Crippen LogP contribution in [0.5, 0.6) is 0 Å². The van der Waals surface area contributed by atoms with Crippen LogP contribution in [0.25, 0.3) is 0 Å². The average molecular weight is 356 g/mol. The van der Waals surface area contributed by atoms with Gasteiger partial charge in [0.2, 0.25) is 10.0 Å². The van der Waals surface area contributed by atoms with Crippen molar-refractivity contribution in [2.75, 3.05) is 26.2 Å². The maximum atomic E-state index is 12.9. The Labute approximate surface area is 150 Å². The molecule has 1 aliphatic carbocycles. The summed E-state index contributed by atoms with van der Waals surface area (Å²) in [4.78, 5) is 2.86. The molecule has 2 aliphatic rings. The first-order valence-electron chi connectivity index (χ1n) is 8.94. The Bertz CT molecular complexity index is 871. The van der Waals surface area contributed by atoms with E-state index >= 15 is 0 Å². The first-order valence-corrected chi connectivity index (χ1v) is 10.4. The van der Waals surface area contributed by atoms with Gasteiger partial charge in [-0.2, -0.15) is 4.31 Å². The fourth-order valence-electron chi connectivity index (χ4n) is 4.09. The van der Waals surface area contributed by atoms with Crippen molar-refractivity contribution in [1.82, 2.24) is 9.21 Å². The van der Waals surface area contributed by atoms with Crippen LogP contribution in [0.4, 0.5) is 0 Å². The number of sulfonamides is 1. The average Bonchev–Trinajstić information content (AvgIpc) is 3.06. The van der Waals surface area contributed by atoms with Gasteiger partial charge in [-0.25, -0.2) is 8.42 Å². The molecule has 1 saturated heterocycles. The summed E-state index contributed by atoms with van der Waals surface area (Å²) >= 11 is 0. The van der Waals surface area contributed by atoms with E-state index in [1.807, 2.05) is 19.1 Å². The first kappa shape index (κ1) is 16.8. The van der Waals surface area contributed by atoms with Crippen LogP contribution >= 0.6 is 0 Å². The number of fused-ring (bicyclic) bond motifs is 1. The third-order valence-electron chi connectivity index (χ3n) is 5.44. The summed E-state index contributed by atoms with van der Waals surface area (Å²) in [5.74, 6) is 0. The Kier molecular flexibility index (Phi) is 4.40. The molecule has 0 spiro atoms. The second-order valence-electron chi connectivity index (χ2n) is 7.01. The molecule has 0 radical (unpaired) electrons. The summed E-state index contributed by atoms with van der Waals surface area (Å²) in [5, 5.41) is 0. The largest absolute Gasteiger partial charge is 0.294 e. The van der Waals surface area contributed by atoms with Gasteiger partial charge >= 0.3 is 0 Å². The highest BCUT2D eigenvalue weighted by molar-refractivity contribution is 7.89.